The molecule has 0 radical (unpaired) electrons. The van der Waals surface area contributed by atoms with E-state index < -0.39 is 16.6 Å². The lowest BCUT2D eigenvalue weighted by molar-refractivity contribution is 0.320. The summed E-state index contributed by atoms with van der Waals surface area (Å²) in [5.41, 5.74) is 0.411. The van der Waals surface area contributed by atoms with Crippen molar-refractivity contribution in [3.63, 3.8) is 0 Å². The summed E-state index contributed by atoms with van der Waals surface area (Å²) in [6.07, 6.45) is 2.96. The van der Waals surface area contributed by atoms with E-state index in [4.69, 9.17) is 5.11 Å². The van der Waals surface area contributed by atoms with Crippen molar-refractivity contribution < 1.29 is 13.5 Å². The van der Waals surface area contributed by atoms with Crippen LogP contribution in [0.1, 0.15) is 0 Å². The van der Waals surface area contributed by atoms with Crippen LogP contribution in [0.3, 0.4) is 0 Å². The van der Waals surface area contributed by atoms with Gasteiger partial charge < -0.3 is 5.11 Å². The summed E-state index contributed by atoms with van der Waals surface area (Å²) in [6, 6.07) is 1.53. The Morgan fingerprint density at radius 2 is 2.29 bits per heavy atom. The van der Waals surface area contributed by atoms with E-state index in [1.807, 2.05) is 0 Å². The second kappa shape index (κ2) is 4.72. The van der Waals surface area contributed by atoms with Gasteiger partial charge in [0, 0.05) is 12.4 Å². The van der Waals surface area contributed by atoms with Gasteiger partial charge in [-0.3, -0.25) is 9.71 Å². The van der Waals surface area contributed by atoms with Crippen LogP contribution in [0.15, 0.2) is 22.9 Å². The lowest BCUT2D eigenvalue weighted by atomic mass is 10.4. The highest BCUT2D eigenvalue weighted by molar-refractivity contribution is 9.10. The number of pyridine rings is 1. The SMILES string of the molecule is O=S(=O)(CCO)Nc1ccncc1Br. The Morgan fingerprint density at radius 1 is 1.57 bits per heavy atom. The molecule has 1 heterocycles. The molecule has 0 saturated heterocycles. The molecule has 7 heteroatoms. The Kier molecular flexibility index (Phi) is 3.85. The number of sulfonamides is 1. The number of nitrogens with zero attached hydrogens (tertiary/aromatic N) is 1. The van der Waals surface area contributed by atoms with Gasteiger partial charge in [0.2, 0.25) is 10.0 Å². The van der Waals surface area contributed by atoms with Crippen LogP contribution in [-0.2, 0) is 10.0 Å². The molecule has 0 aliphatic carbocycles. The number of rotatable bonds is 4. The molecule has 1 rings (SSSR count). The molecule has 78 valence electrons. The summed E-state index contributed by atoms with van der Waals surface area (Å²) in [6.45, 7) is -0.405. The minimum atomic E-state index is -3.46. The third-order valence-corrected chi connectivity index (χ3v) is 3.28. The van der Waals surface area contributed by atoms with Crippen molar-refractivity contribution >= 4 is 31.6 Å². The second-order valence-electron chi connectivity index (χ2n) is 2.50. The van der Waals surface area contributed by atoms with E-state index in [2.05, 4.69) is 25.6 Å². The number of nitrogens with one attached hydrogen (secondary N) is 1. The van der Waals surface area contributed by atoms with Crippen LogP contribution in [-0.4, -0.2) is 30.9 Å². The quantitative estimate of drug-likeness (QED) is 0.846. The fourth-order valence-electron chi connectivity index (χ4n) is 0.797. The molecule has 0 bridgehead atoms. The van der Waals surface area contributed by atoms with Crippen molar-refractivity contribution in [1.82, 2.24) is 4.98 Å². The van der Waals surface area contributed by atoms with E-state index in [-0.39, 0.29) is 5.75 Å². The summed E-state index contributed by atoms with van der Waals surface area (Å²) in [5.74, 6) is -0.318. The molecule has 0 fully saturated rings. The predicted molar refractivity (Wildman–Crippen MR) is 56.4 cm³/mol. The van der Waals surface area contributed by atoms with Gasteiger partial charge >= 0.3 is 0 Å². The maximum absolute atomic E-state index is 11.2. The number of aliphatic hydroxyl groups is 1. The van der Waals surface area contributed by atoms with Gasteiger partial charge in [0.25, 0.3) is 0 Å². The van der Waals surface area contributed by atoms with Gasteiger partial charge in [0.05, 0.1) is 22.5 Å². The molecule has 2 N–H and O–H groups in total. The molecule has 0 aliphatic heterocycles. The highest BCUT2D eigenvalue weighted by Gasteiger charge is 2.10. The van der Waals surface area contributed by atoms with Gasteiger partial charge in [-0.2, -0.15) is 0 Å². The zero-order chi connectivity index (χ0) is 10.6. The largest absolute Gasteiger partial charge is 0.395 e. The van der Waals surface area contributed by atoms with Crippen LogP contribution in [0, 0.1) is 0 Å². The van der Waals surface area contributed by atoms with Gasteiger partial charge in [0.1, 0.15) is 0 Å². The number of hydrogen-bond donors (Lipinski definition) is 2. The normalized spacial score (nSPS) is 11.3. The van der Waals surface area contributed by atoms with Gasteiger partial charge in [-0.05, 0) is 22.0 Å². The Bertz CT molecular complexity index is 407. The van der Waals surface area contributed by atoms with E-state index in [0.29, 0.717) is 10.2 Å². The molecule has 0 spiro atoms. The number of halogens is 1. The summed E-state index contributed by atoms with van der Waals surface area (Å²) in [7, 11) is -3.46. The first kappa shape index (κ1) is 11.4. The first-order valence-corrected chi connectivity index (χ1v) is 6.20. The molecule has 0 unspecified atom stereocenters. The van der Waals surface area contributed by atoms with Crippen LogP contribution in [0.5, 0.6) is 0 Å². The van der Waals surface area contributed by atoms with Crippen molar-refractivity contribution in [3.05, 3.63) is 22.9 Å². The van der Waals surface area contributed by atoms with Gasteiger partial charge in [-0.15, -0.1) is 0 Å². The van der Waals surface area contributed by atoms with Crippen LogP contribution in [0.4, 0.5) is 5.69 Å². The Labute approximate surface area is 90.4 Å². The molecule has 0 saturated carbocycles. The first-order chi connectivity index (χ1) is 6.55. The predicted octanol–water partition coefficient (Wildman–Crippen LogP) is 0.578. The lowest BCUT2D eigenvalue weighted by Crippen LogP contribution is -2.19. The highest BCUT2D eigenvalue weighted by atomic mass is 79.9. The zero-order valence-corrected chi connectivity index (χ0v) is 9.55. The third kappa shape index (κ3) is 3.24. The van der Waals surface area contributed by atoms with Gasteiger partial charge in [-0.25, -0.2) is 8.42 Å². The molecule has 0 atom stereocenters. The number of anilines is 1. The van der Waals surface area contributed by atoms with E-state index in [0.717, 1.165) is 0 Å². The standard InChI is InChI=1S/C7H9BrN2O3S/c8-6-5-9-2-1-7(6)10-14(12,13)4-3-11/h1-2,5,11H,3-4H2,(H,9,10). The minimum absolute atomic E-state index is 0.318. The third-order valence-electron chi connectivity index (χ3n) is 1.40. The molecule has 0 aromatic carbocycles. The topological polar surface area (TPSA) is 79.3 Å². The lowest BCUT2D eigenvalue weighted by Gasteiger charge is -2.07. The smallest absolute Gasteiger partial charge is 0.235 e. The zero-order valence-electron chi connectivity index (χ0n) is 7.14. The molecule has 1 aromatic heterocycles. The van der Waals surface area contributed by atoms with Gasteiger partial charge in [-0.1, -0.05) is 0 Å². The van der Waals surface area contributed by atoms with Crippen molar-refractivity contribution in [2.24, 2.45) is 0 Å². The van der Waals surface area contributed by atoms with E-state index in [1.165, 1.54) is 18.5 Å². The second-order valence-corrected chi connectivity index (χ2v) is 5.20. The Morgan fingerprint density at radius 3 is 2.86 bits per heavy atom. The number of hydrogen-bond acceptors (Lipinski definition) is 4. The molecular weight excluding hydrogens is 272 g/mol. The van der Waals surface area contributed by atoms with Crippen molar-refractivity contribution in [2.75, 3.05) is 17.1 Å². The summed E-state index contributed by atoms with van der Waals surface area (Å²) in [4.78, 5) is 3.79. The average Bonchev–Trinajstić information content (AvgIpc) is 2.08. The maximum atomic E-state index is 11.2. The number of aromatic nitrogens is 1. The average molecular weight is 281 g/mol. The monoisotopic (exact) mass is 280 g/mol. The minimum Gasteiger partial charge on any atom is -0.395 e. The van der Waals surface area contributed by atoms with Crippen molar-refractivity contribution in [3.8, 4) is 0 Å². The van der Waals surface area contributed by atoms with Crippen LogP contribution in [0.25, 0.3) is 0 Å². The Balaban J connectivity index is 2.84. The molecule has 1 aromatic rings. The van der Waals surface area contributed by atoms with E-state index in [9.17, 15) is 8.42 Å². The maximum Gasteiger partial charge on any atom is 0.235 e. The van der Waals surface area contributed by atoms with Crippen LogP contribution in [0.2, 0.25) is 0 Å². The first-order valence-electron chi connectivity index (χ1n) is 3.76. The van der Waals surface area contributed by atoms with Crippen molar-refractivity contribution in [1.29, 1.82) is 0 Å². The number of aliphatic hydroxyl groups excluding tert-OH is 1. The summed E-state index contributed by atoms with van der Waals surface area (Å²) >= 11 is 3.15. The Hall–Kier alpha value is -0.660. The molecule has 0 amide bonds. The van der Waals surface area contributed by atoms with Crippen LogP contribution < -0.4 is 4.72 Å². The fourth-order valence-corrected chi connectivity index (χ4v) is 2.13. The molecule has 5 nitrogen and oxygen atoms in total. The highest BCUT2D eigenvalue weighted by Crippen LogP contribution is 2.20. The molecular formula is C7H9BrN2O3S. The van der Waals surface area contributed by atoms with Crippen molar-refractivity contribution in [2.45, 2.75) is 0 Å². The molecule has 14 heavy (non-hydrogen) atoms. The van der Waals surface area contributed by atoms with E-state index in [1.54, 1.807) is 0 Å². The fraction of sp³-hybridized carbons (Fsp3) is 0.286. The van der Waals surface area contributed by atoms with Gasteiger partial charge in [0.15, 0.2) is 0 Å². The van der Waals surface area contributed by atoms with Crippen LogP contribution >= 0.6 is 15.9 Å². The summed E-state index contributed by atoms with van der Waals surface area (Å²) in [5, 5.41) is 8.51. The summed E-state index contributed by atoms with van der Waals surface area (Å²) < 4.78 is 25.3. The molecule has 0 aliphatic rings. The van der Waals surface area contributed by atoms with E-state index >= 15 is 0 Å².